The van der Waals surface area contributed by atoms with E-state index < -0.39 is 0 Å². The van der Waals surface area contributed by atoms with E-state index in [1.807, 2.05) is 12.2 Å². The van der Waals surface area contributed by atoms with Crippen molar-refractivity contribution < 1.29 is 5.11 Å². The Morgan fingerprint density at radius 3 is 2.70 bits per heavy atom. The molecule has 0 aromatic carbocycles. The van der Waals surface area contributed by atoms with Crippen molar-refractivity contribution in [3.63, 3.8) is 0 Å². The average molecular weight is 276 g/mol. The Balaban J connectivity index is 2.45. The standard InChI is InChI=1S/C19H32O/c1-3-5-7-8-9-10-16-19(20)18-15-12-11-14-17(18)13-6-4-2/h4,10,16,19-20H,2-3,5-9,11-15H2,1H3/b16-10+. The first-order valence-corrected chi connectivity index (χ1v) is 8.46. The molecule has 1 unspecified atom stereocenters. The number of aliphatic hydroxyl groups excluding tert-OH is 1. The molecule has 0 amide bonds. The molecular formula is C19H32O. The quantitative estimate of drug-likeness (QED) is 0.400. The van der Waals surface area contributed by atoms with Gasteiger partial charge in [-0.25, -0.2) is 0 Å². The highest BCUT2D eigenvalue weighted by Crippen LogP contribution is 2.30. The SMILES string of the molecule is C=CCCC1=C(C(O)/C=C/CCCCCC)CCCC1. The Hall–Kier alpha value is -0.820. The van der Waals surface area contributed by atoms with Crippen molar-refractivity contribution in [1.82, 2.24) is 0 Å². The van der Waals surface area contributed by atoms with Crippen molar-refractivity contribution in [3.8, 4) is 0 Å². The second-order valence-electron chi connectivity index (χ2n) is 5.89. The van der Waals surface area contributed by atoms with Crippen molar-refractivity contribution in [2.45, 2.75) is 83.7 Å². The van der Waals surface area contributed by atoms with Crippen molar-refractivity contribution >= 4 is 0 Å². The minimum Gasteiger partial charge on any atom is -0.385 e. The van der Waals surface area contributed by atoms with E-state index in [2.05, 4.69) is 19.6 Å². The minimum atomic E-state index is -0.346. The first-order valence-electron chi connectivity index (χ1n) is 8.46. The lowest BCUT2D eigenvalue weighted by Crippen LogP contribution is -2.13. The van der Waals surface area contributed by atoms with Crippen LogP contribution in [0, 0.1) is 0 Å². The Labute approximate surface area is 125 Å². The molecule has 0 fully saturated rings. The molecule has 0 saturated carbocycles. The smallest absolute Gasteiger partial charge is 0.0934 e. The summed E-state index contributed by atoms with van der Waals surface area (Å²) >= 11 is 0. The zero-order valence-corrected chi connectivity index (χ0v) is 13.2. The molecule has 0 saturated heterocycles. The number of hydrogen-bond acceptors (Lipinski definition) is 1. The summed E-state index contributed by atoms with van der Waals surface area (Å²) in [6.07, 6.45) is 19.0. The van der Waals surface area contributed by atoms with Gasteiger partial charge in [0.2, 0.25) is 0 Å². The predicted octanol–water partition coefficient (Wildman–Crippen LogP) is 5.71. The fourth-order valence-corrected chi connectivity index (χ4v) is 2.94. The predicted molar refractivity (Wildman–Crippen MR) is 88.8 cm³/mol. The van der Waals surface area contributed by atoms with Crippen LogP contribution in [0.3, 0.4) is 0 Å². The maximum atomic E-state index is 10.4. The molecule has 114 valence electrons. The van der Waals surface area contributed by atoms with Crippen LogP contribution in [-0.4, -0.2) is 11.2 Å². The molecule has 20 heavy (non-hydrogen) atoms. The Kier molecular flexibility index (Phi) is 9.40. The van der Waals surface area contributed by atoms with E-state index in [1.165, 1.54) is 56.1 Å². The molecule has 0 aromatic rings. The monoisotopic (exact) mass is 276 g/mol. The molecular weight excluding hydrogens is 244 g/mol. The van der Waals surface area contributed by atoms with Gasteiger partial charge >= 0.3 is 0 Å². The molecule has 0 aliphatic heterocycles. The van der Waals surface area contributed by atoms with E-state index in [-0.39, 0.29) is 6.10 Å². The zero-order chi connectivity index (χ0) is 14.6. The van der Waals surface area contributed by atoms with Gasteiger partial charge in [-0.1, -0.05) is 50.0 Å². The van der Waals surface area contributed by atoms with Crippen LogP contribution in [-0.2, 0) is 0 Å². The number of rotatable bonds is 10. The fraction of sp³-hybridized carbons (Fsp3) is 0.684. The molecule has 0 bridgehead atoms. The molecule has 1 aliphatic carbocycles. The van der Waals surface area contributed by atoms with Gasteiger partial charge in [0.15, 0.2) is 0 Å². The van der Waals surface area contributed by atoms with E-state index in [4.69, 9.17) is 0 Å². The van der Waals surface area contributed by atoms with Gasteiger partial charge in [0.1, 0.15) is 0 Å². The van der Waals surface area contributed by atoms with Gasteiger partial charge in [-0.2, -0.15) is 0 Å². The topological polar surface area (TPSA) is 20.2 Å². The summed E-state index contributed by atoms with van der Waals surface area (Å²) in [5.41, 5.74) is 2.78. The van der Waals surface area contributed by atoms with E-state index >= 15 is 0 Å². The van der Waals surface area contributed by atoms with E-state index in [0.29, 0.717) is 0 Å². The number of unbranched alkanes of at least 4 members (excludes halogenated alkanes) is 4. The zero-order valence-electron chi connectivity index (χ0n) is 13.2. The molecule has 0 radical (unpaired) electrons. The molecule has 0 aromatic heterocycles. The summed E-state index contributed by atoms with van der Waals surface area (Å²) in [6, 6.07) is 0. The van der Waals surface area contributed by atoms with Crippen LogP contribution in [0.15, 0.2) is 36.0 Å². The van der Waals surface area contributed by atoms with E-state index in [9.17, 15) is 5.11 Å². The van der Waals surface area contributed by atoms with Gasteiger partial charge in [-0.05, 0) is 56.9 Å². The summed E-state index contributed by atoms with van der Waals surface area (Å²) in [5, 5.41) is 10.4. The van der Waals surface area contributed by atoms with Crippen LogP contribution in [0.4, 0.5) is 0 Å². The second kappa shape index (κ2) is 10.9. The maximum Gasteiger partial charge on any atom is 0.0934 e. The molecule has 1 nitrogen and oxygen atoms in total. The van der Waals surface area contributed by atoms with Gasteiger partial charge in [-0.15, -0.1) is 6.58 Å². The normalized spacial score (nSPS) is 17.7. The highest BCUT2D eigenvalue weighted by atomic mass is 16.3. The summed E-state index contributed by atoms with van der Waals surface area (Å²) in [6.45, 7) is 6.04. The number of allylic oxidation sites excluding steroid dienone is 3. The van der Waals surface area contributed by atoms with Gasteiger partial charge < -0.3 is 5.11 Å². The molecule has 0 heterocycles. The minimum absolute atomic E-state index is 0.346. The number of aliphatic hydroxyl groups is 1. The lowest BCUT2D eigenvalue weighted by Gasteiger charge is -2.22. The Bertz CT molecular complexity index is 325. The molecule has 1 heteroatoms. The largest absolute Gasteiger partial charge is 0.385 e. The van der Waals surface area contributed by atoms with E-state index in [1.54, 1.807) is 0 Å². The summed E-state index contributed by atoms with van der Waals surface area (Å²) < 4.78 is 0. The summed E-state index contributed by atoms with van der Waals surface area (Å²) in [5.74, 6) is 0. The molecule has 1 atom stereocenters. The first-order chi connectivity index (χ1) is 9.79. The fourth-order valence-electron chi connectivity index (χ4n) is 2.94. The molecule has 1 rings (SSSR count). The van der Waals surface area contributed by atoms with Crippen LogP contribution in [0.2, 0.25) is 0 Å². The maximum absolute atomic E-state index is 10.4. The highest BCUT2D eigenvalue weighted by Gasteiger charge is 2.16. The Morgan fingerprint density at radius 1 is 1.15 bits per heavy atom. The lowest BCUT2D eigenvalue weighted by atomic mass is 9.86. The average Bonchev–Trinajstić information content (AvgIpc) is 2.48. The van der Waals surface area contributed by atoms with Crippen LogP contribution >= 0.6 is 0 Å². The molecule has 1 N–H and O–H groups in total. The van der Waals surface area contributed by atoms with Crippen LogP contribution in [0.25, 0.3) is 0 Å². The summed E-state index contributed by atoms with van der Waals surface area (Å²) in [4.78, 5) is 0. The van der Waals surface area contributed by atoms with Crippen LogP contribution in [0.1, 0.15) is 77.6 Å². The van der Waals surface area contributed by atoms with Gasteiger partial charge in [0.05, 0.1) is 6.10 Å². The lowest BCUT2D eigenvalue weighted by molar-refractivity contribution is 0.248. The highest BCUT2D eigenvalue weighted by molar-refractivity contribution is 5.25. The van der Waals surface area contributed by atoms with Gasteiger partial charge in [0.25, 0.3) is 0 Å². The third-order valence-corrected chi connectivity index (χ3v) is 4.18. The third-order valence-electron chi connectivity index (χ3n) is 4.18. The van der Waals surface area contributed by atoms with Crippen molar-refractivity contribution in [1.29, 1.82) is 0 Å². The van der Waals surface area contributed by atoms with Crippen LogP contribution in [0.5, 0.6) is 0 Å². The van der Waals surface area contributed by atoms with Gasteiger partial charge in [-0.3, -0.25) is 0 Å². The van der Waals surface area contributed by atoms with Crippen LogP contribution < -0.4 is 0 Å². The van der Waals surface area contributed by atoms with E-state index in [0.717, 1.165) is 25.7 Å². The Morgan fingerprint density at radius 2 is 1.95 bits per heavy atom. The van der Waals surface area contributed by atoms with Crippen molar-refractivity contribution in [2.75, 3.05) is 0 Å². The summed E-state index contributed by atoms with van der Waals surface area (Å²) in [7, 11) is 0. The molecule has 0 spiro atoms. The number of hydrogen-bond donors (Lipinski definition) is 1. The third kappa shape index (κ3) is 6.56. The van der Waals surface area contributed by atoms with Gasteiger partial charge in [0, 0.05) is 0 Å². The first kappa shape index (κ1) is 17.2. The van der Waals surface area contributed by atoms with Crippen molar-refractivity contribution in [2.24, 2.45) is 0 Å². The van der Waals surface area contributed by atoms with Crippen molar-refractivity contribution in [3.05, 3.63) is 36.0 Å². The second-order valence-corrected chi connectivity index (χ2v) is 5.89. The molecule has 1 aliphatic rings.